The molecule has 0 aliphatic rings. The molecule has 0 amide bonds. The van der Waals surface area contributed by atoms with Crippen LogP contribution >= 0.6 is 0 Å². The Morgan fingerprint density at radius 3 is 2.62 bits per heavy atom. The van der Waals surface area contributed by atoms with Gasteiger partial charge in [0.15, 0.2) is 5.78 Å². The number of carbonyl (C=O) groups excluding carboxylic acids is 1. The molecule has 88 valence electrons. The summed E-state index contributed by atoms with van der Waals surface area (Å²) in [7, 11) is 1.64. The third-order valence-electron chi connectivity index (χ3n) is 2.49. The van der Waals surface area contributed by atoms with Gasteiger partial charge in [0.1, 0.15) is 12.4 Å². The average Bonchev–Trinajstić information content (AvgIpc) is 2.28. The number of rotatable bonds is 5. The quantitative estimate of drug-likeness (QED) is 0.828. The number of ketones is 1. The minimum Gasteiger partial charge on any atom is -0.496 e. The molecule has 0 heterocycles. The molecule has 3 heteroatoms. The Hall–Kier alpha value is -1.35. The molecule has 0 fully saturated rings. The standard InChI is InChI=1S/C13H18O3/c1-9(2)12-7-10(6-11(15)8-14)4-5-13(12)16-3/h4-5,7,9,14H,6,8H2,1-3H3. The maximum atomic E-state index is 11.1. The summed E-state index contributed by atoms with van der Waals surface area (Å²) in [6.45, 7) is 3.76. The second kappa shape index (κ2) is 5.66. The van der Waals surface area contributed by atoms with Crippen LogP contribution in [-0.4, -0.2) is 24.6 Å². The summed E-state index contributed by atoms with van der Waals surface area (Å²) < 4.78 is 5.26. The zero-order valence-corrected chi connectivity index (χ0v) is 9.99. The number of hydrogen-bond acceptors (Lipinski definition) is 3. The molecule has 0 saturated carbocycles. The van der Waals surface area contributed by atoms with Gasteiger partial charge in [-0.2, -0.15) is 0 Å². The molecule has 3 nitrogen and oxygen atoms in total. The minimum absolute atomic E-state index is 0.167. The van der Waals surface area contributed by atoms with Crippen molar-refractivity contribution in [1.29, 1.82) is 0 Å². The number of aliphatic hydroxyl groups excluding tert-OH is 1. The van der Waals surface area contributed by atoms with E-state index in [9.17, 15) is 4.79 Å². The fourth-order valence-corrected chi connectivity index (χ4v) is 1.63. The van der Waals surface area contributed by atoms with Gasteiger partial charge in [0.05, 0.1) is 7.11 Å². The summed E-state index contributed by atoms with van der Waals surface area (Å²) in [6.07, 6.45) is 0.278. The number of methoxy groups -OCH3 is 1. The van der Waals surface area contributed by atoms with Crippen molar-refractivity contribution in [3.05, 3.63) is 29.3 Å². The molecule has 0 unspecified atom stereocenters. The topological polar surface area (TPSA) is 46.5 Å². The smallest absolute Gasteiger partial charge is 0.162 e. The predicted molar refractivity (Wildman–Crippen MR) is 62.9 cm³/mol. The first-order valence-electron chi connectivity index (χ1n) is 5.37. The van der Waals surface area contributed by atoms with Gasteiger partial charge >= 0.3 is 0 Å². The van der Waals surface area contributed by atoms with E-state index in [1.807, 2.05) is 18.2 Å². The lowest BCUT2D eigenvalue weighted by Gasteiger charge is -2.13. The van der Waals surface area contributed by atoms with Crippen LogP contribution in [0.1, 0.15) is 30.9 Å². The van der Waals surface area contributed by atoms with Gasteiger partial charge in [0.25, 0.3) is 0 Å². The van der Waals surface area contributed by atoms with Gasteiger partial charge in [-0.25, -0.2) is 0 Å². The number of carbonyl (C=O) groups is 1. The van der Waals surface area contributed by atoms with Gasteiger partial charge in [0.2, 0.25) is 0 Å². The first kappa shape index (κ1) is 12.7. The van der Waals surface area contributed by atoms with Crippen LogP contribution in [0.4, 0.5) is 0 Å². The molecule has 0 bridgehead atoms. The van der Waals surface area contributed by atoms with Gasteiger partial charge < -0.3 is 9.84 Å². The van der Waals surface area contributed by atoms with Crippen molar-refractivity contribution in [2.75, 3.05) is 13.7 Å². The Bertz CT molecular complexity index is 369. The van der Waals surface area contributed by atoms with Crippen LogP contribution in [0, 0.1) is 0 Å². The number of ether oxygens (including phenoxy) is 1. The van der Waals surface area contributed by atoms with Gasteiger partial charge in [-0.1, -0.05) is 26.0 Å². The van der Waals surface area contributed by atoms with Gasteiger partial charge in [0, 0.05) is 6.42 Å². The highest BCUT2D eigenvalue weighted by Gasteiger charge is 2.09. The summed E-state index contributed by atoms with van der Waals surface area (Å²) in [5.41, 5.74) is 2.01. The molecule has 0 atom stereocenters. The van der Waals surface area contributed by atoms with Crippen LogP contribution < -0.4 is 4.74 Å². The number of Topliss-reactive ketones (excluding diaryl/α,β-unsaturated/α-hetero) is 1. The number of aliphatic hydroxyl groups is 1. The van der Waals surface area contributed by atoms with E-state index < -0.39 is 6.61 Å². The second-order valence-corrected chi connectivity index (χ2v) is 4.10. The largest absolute Gasteiger partial charge is 0.496 e. The van der Waals surface area contributed by atoms with Crippen molar-refractivity contribution < 1.29 is 14.6 Å². The van der Waals surface area contributed by atoms with Crippen molar-refractivity contribution in [2.45, 2.75) is 26.2 Å². The van der Waals surface area contributed by atoms with E-state index in [2.05, 4.69) is 13.8 Å². The monoisotopic (exact) mass is 222 g/mol. The number of hydrogen-bond donors (Lipinski definition) is 1. The SMILES string of the molecule is COc1ccc(CC(=O)CO)cc1C(C)C. The molecule has 0 radical (unpaired) electrons. The van der Waals surface area contributed by atoms with Crippen LogP contribution in [0.3, 0.4) is 0 Å². The van der Waals surface area contributed by atoms with E-state index in [4.69, 9.17) is 9.84 Å². The van der Waals surface area contributed by atoms with Crippen LogP contribution in [0.15, 0.2) is 18.2 Å². The van der Waals surface area contributed by atoms with E-state index in [-0.39, 0.29) is 12.2 Å². The van der Waals surface area contributed by atoms with Crippen molar-refractivity contribution in [3.63, 3.8) is 0 Å². The van der Waals surface area contributed by atoms with Gasteiger partial charge in [-0.3, -0.25) is 4.79 Å². The molecular weight excluding hydrogens is 204 g/mol. The van der Waals surface area contributed by atoms with Crippen molar-refractivity contribution in [1.82, 2.24) is 0 Å². The van der Waals surface area contributed by atoms with E-state index in [1.54, 1.807) is 7.11 Å². The molecule has 16 heavy (non-hydrogen) atoms. The first-order chi connectivity index (χ1) is 7.58. The lowest BCUT2D eigenvalue weighted by molar-refractivity contribution is -0.121. The Morgan fingerprint density at radius 1 is 1.44 bits per heavy atom. The predicted octanol–water partition coefficient (Wildman–Crippen LogP) is 1.92. The fraction of sp³-hybridized carbons (Fsp3) is 0.462. The van der Waals surface area contributed by atoms with Gasteiger partial charge in [-0.15, -0.1) is 0 Å². The van der Waals surface area contributed by atoms with E-state index >= 15 is 0 Å². The Balaban J connectivity index is 2.97. The van der Waals surface area contributed by atoms with Gasteiger partial charge in [-0.05, 0) is 23.1 Å². The van der Waals surface area contributed by atoms with Crippen LogP contribution in [0.25, 0.3) is 0 Å². The zero-order chi connectivity index (χ0) is 12.1. The molecule has 0 aliphatic carbocycles. The highest BCUT2D eigenvalue weighted by molar-refractivity contribution is 5.81. The molecule has 0 aromatic heterocycles. The van der Waals surface area contributed by atoms with Crippen molar-refractivity contribution in [3.8, 4) is 5.75 Å². The molecule has 0 saturated heterocycles. The lowest BCUT2D eigenvalue weighted by Crippen LogP contribution is -2.08. The fourth-order valence-electron chi connectivity index (χ4n) is 1.63. The highest BCUT2D eigenvalue weighted by atomic mass is 16.5. The van der Waals surface area contributed by atoms with Crippen molar-refractivity contribution in [2.24, 2.45) is 0 Å². The molecule has 1 rings (SSSR count). The van der Waals surface area contributed by atoms with E-state index in [1.165, 1.54) is 0 Å². The molecule has 1 aromatic carbocycles. The van der Waals surface area contributed by atoms with E-state index in [0.717, 1.165) is 16.9 Å². The Kier molecular flexibility index (Phi) is 4.50. The summed E-state index contributed by atoms with van der Waals surface area (Å²) in [5.74, 6) is 1.02. The van der Waals surface area contributed by atoms with E-state index in [0.29, 0.717) is 5.92 Å². The third-order valence-corrected chi connectivity index (χ3v) is 2.49. The van der Waals surface area contributed by atoms with Crippen LogP contribution in [-0.2, 0) is 11.2 Å². The Morgan fingerprint density at radius 2 is 2.12 bits per heavy atom. The van der Waals surface area contributed by atoms with Crippen LogP contribution in [0.2, 0.25) is 0 Å². The Labute approximate surface area is 96.1 Å². The zero-order valence-electron chi connectivity index (χ0n) is 9.99. The van der Waals surface area contributed by atoms with Crippen LogP contribution in [0.5, 0.6) is 5.75 Å². The average molecular weight is 222 g/mol. The first-order valence-corrected chi connectivity index (χ1v) is 5.37. The molecule has 0 spiro atoms. The summed E-state index contributed by atoms with van der Waals surface area (Å²) in [4.78, 5) is 11.1. The normalized spacial score (nSPS) is 10.6. The minimum atomic E-state index is -0.400. The highest BCUT2D eigenvalue weighted by Crippen LogP contribution is 2.27. The summed E-state index contributed by atoms with van der Waals surface area (Å²) >= 11 is 0. The van der Waals surface area contributed by atoms with Crippen molar-refractivity contribution >= 4 is 5.78 Å². The molecule has 1 aromatic rings. The maximum Gasteiger partial charge on any atom is 0.162 e. The summed E-state index contributed by atoms with van der Waals surface area (Å²) in [6, 6.07) is 5.70. The lowest BCUT2D eigenvalue weighted by atomic mass is 9.97. The maximum absolute atomic E-state index is 11.1. The third kappa shape index (κ3) is 3.07. The second-order valence-electron chi connectivity index (χ2n) is 4.10. The molecule has 1 N–H and O–H groups in total. The molecular formula is C13H18O3. The number of benzene rings is 1. The summed E-state index contributed by atoms with van der Waals surface area (Å²) in [5, 5.41) is 8.70. The molecule has 0 aliphatic heterocycles.